The second-order valence-electron chi connectivity index (χ2n) is 6.66. The van der Waals surface area contributed by atoms with Gasteiger partial charge in [-0.3, -0.25) is 4.79 Å². The third-order valence-electron chi connectivity index (χ3n) is 4.72. The van der Waals surface area contributed by atoms with Crippen LogP contribution in [0.15, 0.2) is 53.4 Å². The summed E-state index contributed by atoms with van der Waals surface area (Å²) >= 11 is 0. The smallest absolute Gasteiger partial charge is 0.251 e. The van der Waals surface area contributed by atoms with Gasteiger partial charge in [0.1, 0.15) is 5.75 Å². The van der Waals surface area contributed by atoms with E-state index in [0.29, 0.717) is 11.3 Å². The van der Waals surface area contributed by atoms with E-state index in [-0.39, 0.29) is 23.4 Å². The molecule has 1 aliphatic rings. The van der Waals surface area contributed by atoms with E-state index in [1.54, 1.807) is 43.5 Å². The van der Waals surface area contributed by atoms with Gasteiger partial charge in [-0.15, -0.1) is 0 Å². The van der Waals surface area contributed by atoms with E-state index in [0.717, 1.165) is 31.2 Å². The van der Waals surface area contributed by atoms with Crippen LogP contribution in [0, 0.1) is 0 Å². The predicted molar refractivity (Wildman–Crippen MR) is 103 cm³/mol. The van der Waals surface area contributed by atoms with Gasteiger partial charge in [-0.05, 0) is 48.7 Å². The van der Waals surface area contributed by atoms with E-state index in [1.165, 1.54) is 12.1 Å². The standard InChI is InChI=1S/C20H24N2O4S/c1-26-18-11-9-15(10-12-18)14-21-27(24,25)19-8-4-5-16(13-19)20(23)22-17-6-2-3-7-17/h4-5,8-13,17,21H,2-3,6-7,14H2,1H3,(H,22,23). The predicted octanol–water partition coefficient (Wildman–Crippen LogP) is 2.85. The minimum atomic E-state index is -3.72. The Morgan fingerprint density at radius 1 is 1.11 bits per heavy atom. The van der Waals surface area contributed by atoms with Gasteiger partial charge in [-0.25, -0.2) is 13.1 Å². The summed E-state index contributed by atoms with van der Waals surface area (Å²) in [6, 6.07) is 13.5. The van der Waals surface area contributed by atoms with Gasteiger partial charge < -0.3 is 10.1 Å². The van der Waals surface area contributed by atoms with Gasteiger partial charge in [0.2, 0.25) is 10.0 Å². The van der Waals surface area contributed by atoms with Crippen molar-refractivity contribution in [2.75, 3.05) is 7.11 Å². The molecule has 2 N–H and O–H groups in total. The minimum Gasteiger partial charge on any atom is -0.497 e. The molecule has 6 nitrogen and oxygen atoms in total. The van der Waals surface area contributed by atoms with E-state index in [9.17, 15) is 13.2 Å². The maximum absolute atomic E-state index is 12.6. The Morgan fingerprint density at radius 3 is 2.48 bits per heavy atom. The van der Waals surface area contributed by atoms with Crippen LogP contribution in [0.3, 0.4) is 0 Å². The van der Waals surface area contributed by atoms with E-state index in [4.69, 9.17) is 4.74 Å². The lowest BCUT2D eigenvalue weighted by Gasteiger charge is -2.13. The van der Waals surface area contributed by atoms with Gasteiger partial charge >= 0.3 is 0 Å². The third-order valence-corrected chi connectivity index (χ3v) is 6.12. The third kappa shape index (κ3) is 5.08. The molecule has 1 amide bonds. The molecule has 0 atom stereocenters. The summed E-state index contributed by atoms with van der Waals surface area (Å²) in [6.07, 6.45) is 4.20. The van der Waals surface area contributed by atoms with Crippen molar-refractivity contribution in [3.8, 4) is 5.75 Å². The number of benzene rings is 2. The number of sulfonamides is 1. The first-order chi connectivity index (χ1) is 13.0. The Kier molecular flexibility index (Phi) is 6.13. The fourth-order valence-corrected chi connectivity index (χ4v) is 4.21. The van der Waals surface area contributed by atoms with Gasteiger partial charge in [-0.2, -0.15) is 0 Å². The van der Waals surface area contributed by atoms with E-state index in [1.807, 2.05) is 0 Å². The average molecular weight is 388 g/mol. The zero-order chi connectivity index (χ0) is 19.3. The maximum Gasteiger partial charge on any atom is 0.251 e. The van der Waals surface area contributed by atoms with Gasteiger partial charge in [0.15, 0.2) is 0 Å². The maximum atomic E-state index is 12.6. The van der Waals surface area contributed by atoms with Crippen LogP contribution in [0.5, 0.6) is 5.75 Å². The van der Waals surface area contributed by atoms with E-state index in [2.05, 4.69) is 10.0 Å². The van der Waals surface area contributed by atoms with Crippen molar-refractivity contribution < 1.29 is 17.9 Å². The second kappa shape index (κ2) is 8.54. The molecular weight excluding hydrogens is 364 g/mol. The fourth-order valence-electron chi connectivity index (χ4n) is 3.15. The number of methoxy groups -OCH3 is 1. The summed E-state index contributed by atoms with van der Waals surface area (Å²) in [4.78, 5) is 12.5. The van der Waals surface area contributed by atoms with Gasteiger partial charge in [0, 0.05) is 18.2 Å². The Morgan fingerprint density at radius 2 is 1.81 bits per heavy atom. The lowest BCUT2D eigenvalue weighted by Crippen LogP contribution is -2.32. The lowest BCUT2D eigenvalue weighted by atomic mass is 10.2. The molecule has 0 spiro atoms. The summed E-state index contributed by atoms with van der Waals surface area (Å²) in [6.45, 7) is 0.158. The second-order valence-corrected chi connectivity index (χ2v) is 8.42. The van der Waals surface area contributed by atoms with Gasteiger partial charge in [0.05, 0.1) is 12.0 Å². The first kappa shape index (κ1) is 19.4. The van der Waals surface area contributed by atoms with Crippen LogP contribution < -0.4 is 14.8 Å². The first-order valence-electron chi connectivity index (χ1n) is 9.01. The molecule has 0 unspecified atom stereocenters. The van der Waals surface area contributed by atoms with Crippen molar-refractivity contribution in [2.24, 2.45) is 0 Å². The molecule has 0 bridgehead atoms. The van der Waals surface area contributed by atoms with E-state index < -0.39 is 10.0 Å². The Labute approximate surface area is 160 Å². The molecular formula is C20H24N2O4S. The molecule has 0 heterocycles. The molecule has 27 heavy (non-hydrogen) atoms. The number of hydrogen-bond donors (Lipinski definition) is 2. The monoisotopic (exact) mass is 388 g/mol. The van der Waals surface area contributed by atoms with Gasteiger partial charge in [-0.1, -0.05) is 31.0 Å². The Hall–Kier alpha value is -2.38. The molecule has 2 aromatic carbocycles. The zero-order valence-corrected chi connectivity index (χ0v) is 16.1. The minimum absolute atomic E-state index is 0.0788. The number of nitrogens with one attached hydrogen (secondary N) is 2. The van der Waals surface area contributed by atoms with Crippen LogP contribution in [0.2, 0.25) is 0 Å². The summed E-state index contributed by atoms with van der Waals surface area (Å²) < 4.78 is 32.8. The van der Waals surface area contributed by atoms with Crippen LogP contribution in [-0.4, -0.2) is 27.5 Å². The van der Waals surface area contributed by atoms with Crippen LogP contribution >= 0.6 is 0 Å². The average Bonchev–Trinajstić information content (AvgIpc) is 3.20. The number of carbonyl (C=O) groups is 1. The topological polar surface area (TPSA) is 84.5 Å². The number of hydrogen-bond acceptors (Lipinski definition) is 4. The molecule has 0 saturated heterocycles. The summed E-state index contributed by atoms with van der Waals surface area (Å²) in [5.74, 6) is 0.483. The van der Waals surface area contributed by atoms with Crippen molar-refractivity contribution >= 4 is 15.9 Å². The summed E-state index contributed by atoms with van der Waals surface area (Å²) in [5, 5.41) is 2.98. The molecule has 0 aliphatic heterocycles. The van der Waals surface area contributed by atoms with Crippen molar-refractivity contribution in [1.29, 1.82) is 0 Å². The highest BCUT2D eigenvalue weighted by Gasteiger charge is 2.20. The van der Waals surface area contributed by atoms with Crippen molar-refractivity contribution in [1.82, 2.24) is 10.0 Å². The first-order valence-corrected chi connectivity index (χ1v) is 10.5. The highest BCUT2D eigenvalue weighted by atomic mass is 32.2. The van der Waals surface area contributed by atoms with Crippen LogP contribution in [0.4, 0.5) is 0 Å². The van der Waals surface area contributed by atoms with Crippen molar-refractivity contribution in [3.05, 3.63) is 59.7 Å². The Bertz CT molecular complexity index is 888. The molecule has 1 aliphatic carbocycles. The SMILES string of the molecule is COc1ccc(CNS(=O)(=O)c2cccc(C(=O)NC3CCCC3)c2)cc1. The van der Waals surface area contributed by atoms with Crippen molar-refractivity contribution in [2.45, 2.75) is 43.2 Å². The van der Waals surface area contributed by atoms with E-state index >= 15 is 0 Å². The molecule has 144 valence electrons. The highest BCUT2D eigenvalue weighted by Crippen LogP contribution is 2.19. The van der Waals surface area contributed by atoms with Crippen LogP contribution in [0.1, 0.15) is 41.6 Å². The van der Waals surface area contributed by atoms with Crippen LogP contribution in [0.25, 0.3) is 0 Å². The van der Waals surface area contributed by atoms with Gasteiger partial charge in [0.25, 0.3) is 5.91 Å². The molecule has 7 heteroatoms. The molecule has 3 rings (SSSR count). The van der Waals surface area contributed by atoms with Crippen molar-refractivity contribution in [3.63, 3.8) is 0 Å². The number of carbonyl (C=O) groups excluding carboxylic acids is 1. The highest BCUT2D eigenvalue weighted by molar-refractivity contribution is 7.89. The normalized spacial score (nSPS) is 14.9. The summed E-state index contributed by atoms with van der Waals surface area (Å²) in [5.41, 5.74) is 1.17. The van der Waals surface area contributed by atoms with Crippen LogP contribution in [-0.2, 0) is 16.6 Å². The zero-order valence-electron chi connectivity index (χ0n) is 15.3. The largest absolute Gasteiger partial charge is 0.497 e. The number of ether oxygens (including phenoxy) is 1. The quantitative estimate of drug-likeness (QED) is 0.764. The molecule has 1 fully saturated rings. The molecule has 2 aromatic rings. The Balaban J connectivity index is 1.67. The summed E-state index contributed by atoms with van der Waals surface area (Å²) in [7, 11) is -2.14. The number of amides is 1. The lowest BCUT2D eigenvalue weighted by molar-refractivity contribution is 0.0937. The molecule has 1 saturated carbocycles. The number of rotatable bonds is 7. The molecule has 0 radical (unpaired) electrons. The molecule has 0 aromatic heterocycles. The fraction of sp³-hybridized carbons (Fsp3) is 0.350.